The molecule has 0 radical (unpaired) electrons. The summed E-state index contributed by atoms with van der Waals surface area (Å²) in [6.45, 7) is 4.24. The van der Waals surface area contributed by atoms with Gasteiger partial charge in [-0.25, -0.2) is 0 Å². The van der Waals surface area contributed by atoms with E-state index in [2.05, 4.69) is 0 Å². The number of alkyl halides is 3. The maximum absolute atomic E-state index is 12.5. The van der Waals surface area contributed by atoms with Crippen LogP contribution in [0.2, 0.25) is 0 Å². The van der Waals surface area contributed by atoms with Crippen molar-refractivity contribution in [1.29, 1.82) is 0 Å². The molecule has 0 aliphatic carbocycles. The average molecular weight is 238 g/mol. The summed E-state index contributed by atoms with van der Waals surface area (Å²) in [5.74, 6) is -0.0680. The molecule has 1 amide bonds. The normalized spacial score (nSPS) is 21.7. The van der Waals surface area contributed by atoms with Crippen LogP contribution >= 0.6 is 0 Å². The van der Waals surface area contributed by atoms with Crippen LogP contribution in [0.1, 0.15) is 20.3 Å². The van der Waals surface area contributed by atoms with Gasteiger partial charge in [0.15, 0.2) is 0 Å². The molecule has 0 aromatic rings. The highest BCUT2D eigenvalue weighted by Crippen LogP contribution is 2.25. The van der Waals surface area contributed by atoms with E-state index >= 15 is 0 Å². The zero-order valence-corrected chi connectivity index (χ0v) is 9.55. The number of nitrogens with zero attached hydrogens (tertiary/aromatic N) is 2. The maximum Gasteiger partial charge on any atom is 0.403 e. The van der Waals surface area contributed by atoms with Gasteiger partial charge in [0.1, 0.15) is 6.04 Å². The molecule has 16 heavy (non-hydrogen) atoms. The van der Waals surface area contributed by atoms with Crippen molar-refractivity contribution in [2.75, 3.05) is 26.2 Å². The third-order valence-electron chi connectivity index (χ3n) is 3.00. The van der Waals surface area contributed by atoms with Gasteiger partial charge in [-0.3, -0.25) is 9.69 Å². The minimum Gasteiger partial charge on any atom is -0.342 e. The van der Waals surface area contributed by atoms with E-state index in [1.54, 1.807) is 4.90 Å². The molecular weight excluding hydrogens is 221 g/mol. The summed E-state index contributed by atoms with van der Waals surface area (Å²) in [6, 6.07) is -1.43. The van der Waals surface area contributed by atoms with Gasteiger partial charge in [-0.05, 0) is 13.3 Å². The highest BCUT2D eigenvalue weighted by Gasteiger charge is 2.40. The Labute approximate surface area is 93.2 Å². The van der Waals surface area contributed by atoms with Gasteiger partial charge in [0.2, 0.25) is 5.91 Å². The Morgan fingerprint density at radius 3 is 2.31 bits per heavy atom. The molecule has 0 bridgehead atoms. The molecule has 1 atom stereocenters. The SMILES string of the molecule is CC(=O)N1CCCN(C(C)C(F)(F)F)CC1. The van der Waals surface area contributed by atoms with Gasteiger partial charge in [0.05, 0.1) is 0 Å². The molecule has 1 unspecified atom stereocenters. The molecule has 1 saturated heterocycles. The van der Waals surface area contributed by atoms with Crippen molar-refractivity contribution < 1.29 is 18.0 Å². The van der Waals surface area contributed by atoms with Crippen LogP contribution in [0.5, 0.6) is 0 Å². The van der Waals surface area contributed by atoms with Gasteiger partial charge in [0.25, 0.3) is 0 Å². The minimum atomic E-state index is -4.19. The summed E-state index contributed by atoms with van der Waals surface area (Å²) in [5.41, 5.74) is 0. The average Bonchev–Trinajstić information content (AvgIpc) is 2.39. The minimum absolute atomic E-state index is 0.0680. The van der Waals surface area contributed by atoms with Crippen LogP contribution in [0.25, 0.3) is 0 Å². The summed E-state index contributed by atoms with van der Waals surface area (Å²) < 4.78 is 37.5. The van der Waals surface area contributed by atoms with Crippen LogP contribution in [0.15, 0.2) is 0 Å². The Morgan fingerprint density at radius 1 is 1.19 bits per heavy atom. The van der Waals surface area contributed by atoms with E-state index in [0.717, 1.165) is 0 Å². The van der Waals surface area contributed by atoms with Crippen LogP contribution in [0, 0.1) is 0 Å². The number of rotatable bonds is 1. The molecule has 1 aliphatic heterocycles. The van der Waals surface area contributed by atoms with Crippen molar-refractivity contribution in [3.8, 4) is 0 Å². The lowest BCUT2D eigenvalue weighted by atomic mass is 10.2. The summed E-state index contributed by atoms with van der Waals surface area (Å²) in [6.07, 6.45) is -3.59. The molecule has 1 aliphatic rings. The van der Waals surface area contributed by atoms with Crippen LogP contribution in [0.3, 0.4) is 0 Å². The molecule has 0 spiro atoms. The predicted molar refractivity (Wildman–Crippen MR) is 54.0 cm³/mol. The molecule has 0 saturated carbocycles. The fraction of sp³-hybridized carbons (Fsp3) is 0.900. The van der Waals surface area contributed by atoms with Gasteiger partial charge >= 0.3 is 6.18 Å². The summed E-state index contributed by atoms with van der Waals surface area (Å²) in [5, 5.41) is 0. The molecule has 94 valence electrons. The van der Waals surface area contributed by atoms with E-state index in [0.29, 0.717) is 32.6 Å². The van der Waals surface area contributed by atoms with Crippen LogP contribution in [-0.2, 0) is 4.79 Å². The van der Waals surface area contributed by atoms with Gasteiger partial charge in [0, 0.05) is 33.1 Å². The quantitative estimate of drug-likeness (QED) is 0.691. The van der Waals surface area contributed by atoms with E-state index in [1.807, 2.05) is 0 Å². The molecular formula is C10H17F3N2O. The molecule has 6 heteroatoms. The molecule has 0 aromatic heterocycles. The van der Waals surface area contributed by atoms with Crippen molar-refractivity contribution >= 4 is 5.91 Å². The molecule has 0 aromatic carbocycles. The standard InChI is InChI=1S/C10H17F3N2O/c1-8(10(11,12)13)14-4-3-5-15(7-6-14)9(2)16/h8H,3-7H2,1-2H3. The van der Waals surface area contributed by atoms with Gasteiger partial charge < -0.3 is 4.90 Å². The first kappa shape index (κ1) is 13.3. The van der Waals surface area contributed by atoms with E-state index in [4.69, 9.17) is 0 Å². The second kappa shape index (κ2) is 5.03. The van der Waals surface area contributed by atoms with Crippen molar-refractivity contribution in [3.05, 3.63) is 0 Å². The number of halogens is 3. The van der Waals surface area contributed by atoms with Crippen LogP contribution in [0.4, 0.5) is 13.2 Å². The highest BCUT2D eigenvalue weighted by atomic mass is 19.4. The highest BCUT2D eigenvalue weighted by molar-refractivity contribution is 5.73. The van der Waals surface area contributed by atoms with Crippen molar-refractivity contribution in [1.82, 2.24) is 9.80 Å². The van der Waals surface area contributed by atoms with Crippen LogP contribution < -0.4 is 0 Å². The molecule has 1 rings (SSSR count). The van der Waals surface area contributed by atoms with E-state index in [-0.39, 0.29) is 5.91 Å². The number of hydrogen-bond acceptors (Lipinski definition) is 2. The second-order valence-electron chi connectivity index (χ2n) is 4.11. The van der Waals surface area contributed by atoms with Gasteiger partial charge in [-0.2, -0.15) is 13.2 Å². The molecule has 1 fully saturated rings. The lowest BCUT2D eigenvalue weighted by molar-refractivity contribution is -0.178. The zero-order valence-electron chi connectivity index (χ0n) is 9.55. The first-order valence-electron chi connectivity index (χ1n) is 5.38. The third kappa shape index (κ3) is 3.37. The van der Waals surface area contributed by atoms with Crippen molar-refractivity contribution in [2.45, 2.75) is 32.5 Å². The number of carbonyl (C=O) groups excluding carboxylic acids is 1. The van der Waals surface area contributed by atoms with Gasteiger partial charge in [-0.1, -0.05) is 0 Å². The number of amides is 1. The largest absolute Gasteiger partial charge is 0.403 e. The Balaban J connectivity index is 2.56. The Morgan fingerprint density at radius 2 is 1.81 bits per heavy atom. The van der Waals surface area contributed by atoms with E-state index in [1.165, 1.54) is 18.7 Å². The second-order valence-corrected chi connectivity index (χ2v) is 4.11. The monoisotopic (exact) mass is 238 g/mol. The van der Waals surface area contributed by atoms with E-state index < -0.39 is 12.2 Å². The topological polar surface area (TPSA) is 23.6 Å². The Kier molecular flexibility index (Phi) is 4.18. The molecule has 1 heterocycles. The summed E-state index contributed by atoms with van der Waals surface area (Å²) >= 11 is 0. The Bertz CT molecular complexity index is 255. The first-order valence-corrected chi connectivity index (χ1v) is 5.38. The number of hydrogen-bond donors (Lipinski definition) is 0. The molecule has 3 nitrogen and oxygen atoms in total. The van der Waals surface area contributed by atoms with Gasteiger partial charge in [-0.15, -0.1) is 0 Å². The summed E-state index contributed by atoms with van der Waals surface area (Å²) in [4.78, 5) is 14.1. The molecule has 0 N–H and O–H groups in total. The third-order valence-corrected chi connectivity index (χ3v) is 3.00. The first-order chi connectivity index (χ1) is 7.32. The number of carbonyl (C=O) groups is 1. The fourth-order valence-corrected chi connectivity index (χ4v) is 1.85. The summed E-state index contributed by atoms with van der Waals surface area (Å²) in [7, 11) is 0. The fourth-order valence-electron chi connectivity index (χ4n) is 1.85. The van der Waals surface area contributed by atoms with Crippen molar-refractivity contribution in [2.24, 2.45) is 0 Å². The maximum atomic E-state index is 12.5. The Hall–Kier alpha value is -0.780. The lowest BCUT2D eigenvalue weighted by Gasteiger charge is -2.29. The smallest absolute Gasteiger partial charge is 0.342 e. The van der Waals surface area contributed by atoms with Crippen molar-refractivity contribution in [3.63, 3.8) is 0 Å². The zero-order chi connectivity index (χ0) is 12.3. The van der Waals surface area contributed by atoms with E-state index in [9.17, 15) is 18.0 Å². The predicted octanol–water partition coefficient (Wildman–Crippen LogP) is 1.49. The lowest BCUT2D eigenvalue weighted by Crippen LogP contribution is -2.45. The van der Waals surface area contributed by atoms with Crippen LogP contribution in [-0.4, -0.2) is 54.1 Å².